The zero-order valence-corrected chi connectivity index (χ0v) is 21.9. The third-order valence-electron chi connectivity index (χ3n) is 5.76. The number of alkyl halides is 2. The van der Waals surface area contributed by atoms with Crippen molar-refractivity contribution in [3.8, 4) is 6.07 Å². The fourth-order valence-electron chi connectivity index (χ4n) is 3.82. The quantitative estimate of drug-likeness (QED) is 0.272. The second-order valence-electron chi connectivity index (χ2n) is 10.0. The highest BCUT2D eigenvalue weighted by Gasteiger charge is 2.41. The van der Waals surface area contributed by atoms with Crippen LogP contribution in [0.15, 0.2) is 48.8 Å². The van der Waals surface area contributed by atoms with Crippen molar-refractivity contribution in [3.05, 3.63) is 76.5 Å². The fraction of sp³-hybridized carbons (Fsp3) is 0.269. The van der Waals surface area contributed by atoms with E-state index in [4.69, 9.17) is 17.3 Å². The second-order valence-corrected chi connectivity index (χ2v) is 10.4. The van der Waals surface area contributed by atoms with Crippen LogP contribution in [-0.4, -0.2) is 32.4 Å². The van der Waals surface area contributed by atoms with Crippen LogP contribution in [0.2, 0.25) is 5.02 Å². The minimum Gasteiger partial charge on any atom is -0.383 e. The van der Waals surface area contributed by atoms with Crippen LogP contribution in [0.1, 0.15) is 43.6 Å². The molecule has 0 radical (unpaired) electrons. The molecule has 0 saturated heterocycles. The Bertz CT molecular complexity index is 1590. The predicted molar refractivity (Wildman–Crippen MR) is 141 cm³/mol. The maximum atomic E-state index is 15.3. The highest BCUT2D eigenvalue weighted by molar-refractivity contribution is 6.31. The first-order chi connectivity index (χ1) is 18.3. The standard InChI is InChI=1S/C26H24ClF3N8O/c1-25(2,3)13-34-21-14(10-31)11-33-22-17(21)8-15(9-19(22)28)35-23(16-6-4-5-7-18(16)27)20-12-38(37-36-20)26(29,30)24(32)39/h4-9,11-12,23,35H,13H2,1-3H3,(H2,32,39)(H,33,34). The fourth-order valence-corrected chi connectivity index (χ4v) is 4.06. The monoisotopic (exact) mass is 556 g/mol. The van der Waals surface area contributed by atoms with E-state index in [1.807, 2.05) is 20.8 Å². The lowest BCUT2D eigenvalue weighted by atomic mass is 9.96. The van der Waals surface area contributed by atoms with Crippen molar-refractivity contribution in [3.63, 3.8) is 0 Å². The van der Waals surface area contributed by atoms with Gasteiger partial charge in [0.25, 0.3) is 0 Å². The van der Waals surface area contributed by atoms with Crippen LogP contribution in [0.4, 0.5) is 24.5 Å². The van der Waals surface area contributed by atoms with Crippen LogP contribution in [0, 0.1) is 22.6 Å². The average Bonchev–Trinajstić information content (AvgIpc) is 3.36. The van der Waals surface area contributed by atoms with Crippen LogP contribution in [0.3, 0.4) is 0 Å². The molecule has 0 aliphatic rings. The van der Waals surface area contributed by atoms with Gasteiger partial charge in [-0.1, -0.05) is 55.8 Å². The molecule has 1 amide bonds. The number of carbonyl (C=O) groups is 1. The van der Waals surface area contributed by atoms with Gasteiger partial charge in [0.1, 0.15) is 17.3 Å². The van der Waals surface area contributed by atoms with Gasteiger partial charge < -0.3 is 16.4 Å². The smallest absolute Gasteiger partial charge is 0.383 e. The zero-order valence-electron chi connectivity index (χ0n) is 21.1. The summed E-state index contributed by atoms with van der Waals surface area (Å²) in [5.41, 5.74) is 5.93. The van der Waals surface area contributed by atoms with E-state index in [1.54, 1.807) is 30.3 Å². The number of rotatable bonds is 8. The Morgan fingerprint density at radius 3 is 2.62 bits per heavy atom. The number of benzene rings is 2. The Hall–Kier alpha value is -4.37. The van der Waals surface area contributed by atoms with E-state index in [1.165, 1.54) is 12.3 Å². The molecule has 13 heteroatoms. The van der Waals surface area contributed by atoms with Crippen molar-refractivity contribution in [1.29, 1.82) is 5.26 Å². The number of hydrogen-bond donors (Lipinski definition) is 3. The van der Waals surface area contributed by atoms with Gasteiger partial charge in [0.15, 0.2) is 5.82 Å². The molecular formula is C26H24ClF3N8O. The molecule has 0 fully saturated rings. The second kappa shape index (κ2) is 10.4. The van der Waals surface area contributed by atoms with Crippen LogP contribution in [-0.2, 0) is 10.8 Å². The van der Waals surface area contributed by atoms with E-state index < -0.39 is 23.8 Å². The van der Waals surface area contributed by atoms with Crippen molar-refractivity contribution in [2.75, 3.05) is 17.2 Å². The first-order valence-corrected chi connectivity index (χ1v) is 12.1. The number of carbonyl (C=O) groups excluding carboxylic acids is 1. The van der Waals surface area contributed by atoms with Gasteiger partial charge in [-0.2, -0.15) is 18.7 Å². The molecule has 0 bridgehead atoms. The summed E-state index contributed by atoms with van der Waals surface area (Å²) in [6.07, 6.45) is 2.15. The van der Waals surface area contributed by atoms with Crippen molar-refractivity contribution in [1.82, 2.24) is 20.0 Å². The summed E-state index contributed by atoms with van der Waals surface area (Å²) in [4.78, 5) is 15.4. The lowest BCUT2D eigenvalue weighted by Gasteiger charge is -2.22. The number of nitriles is 1. The maximum absolute atomic E-state index is 15.3. The number of fused-ring (bicyclic) bond motifs is 1. The number of nitrogens with zero attached hydrogens (tertiary/aromatic N) is 5. The molecule has 202 valence electrons. The Morgan fingerprint density at radius 2 is 1.97 bits per heavy atom. The van der Waals surface area contributed by atoms with Gasteiger partial charge in [-0.05, 0) is 29.2 Å². The summed E-state index contributed by atoms with van der Waals surface area (Å²) in [6.45, 7) is 6.50. The molecule has 1 unspecified atom stereocenters. The molecule has 4 N–H and O–H groups in total. The number of anilines is 2. The summed E-state index contributed by atoms with van der Waals surface area (Å²) < 4.78 is 43.8. The van der Waals surface area contributed by atoms with Gasteiger partial charge in [-0.15, -0.1) is 5.10 Å². The average molecular weight is 557 g/mol. The lowest BCUT2D eigenvalue weighted by molar-refractivity contribution is -0.159. The van der Waals surface area contributed by atoms with Crippen LogP contribution in [0.25, 0.3) is 10.9 Å². The molecule has 0 aliphatic heterocycles. The summed E-state index contributed by atoms with van der Waals surface area (Å²) in [5, 5.41) is 23.8. The number of nitrogens with one attached hydrogen (secondary N) is 2. The number of halogens is 4. The molecule has 1 atom stereocenters. The third-order valence-corrected chi connectivity index (χ3v) is 6.10. The first kappa shape index (κ1) is 27.7. The molecule has 4 aromatic rings. The summed E-state index contributed by atoms with van der Waals surface area (Å²) >= 11 is 6.41. The summed E-state index contributed by atoms with van der Waals surface area (Å²) in [7, 11) is 0. The molecule has 2 aromatic carbocycles. The predicted octanol–water partition coefficient (Wildman–Crippen LogP) is 5.18. The molecule has 39 heavy (non-hydrogen) atoms. The Labute approximate surface area is 226 Å². The Kier molecular flexibility index (Phi) is 7.39. The van der Waals surface area contributed by atoms with E-state index in [-0.39, 0.29) is 37.6 Å². The number of pyridine rings is 1. The van der Waals surface area contributed by atoms with E-state index in [0.717, 1.165) is 6.20 Å². The molecule has 0 spiro atoms. The Balaban J connectivity index is 1.84. The highest BCUT2D eigenvalue weighted by Crippen LogP contribution is 2.35. The molecule has 2 aromatic heterocycles. The van der Waals surface area contributed by atoms with E-state index in [0.29, 0.717) is 23.2 Å². The van der Waals surface area contributed by atoms with E-state index in [9.17, 15) is 18.8 Å². The van der Waals surface area contributed by atoms with Gasteiger partial charge in [-0.3, -0.25) is 9.78 Å². The third kappa shape index (κ3) is 5.73. The number of aromatic nitrogens is 4. The largest absolute Gasteiger partial charge is 0.423 e. The number of primary amides is 1. The first-order valence-electron chi connectivity index (χ1n) is 11.7. The maximum Gasteiger partial charge on any atom is 0.423 e. The Morgan fingerprint density at radius 1 is 1.26 bits per heavy atom. The van der Waals surface area contributed by atoms with Gasteiger partial charge in [0.05, 0.1) is 23.5 Å². The zero-order chi connectivity index (χ0) is 28.5. The van der Waals surface area contributed by atoms with E-state index in [2.05, 4.69) is 32.0 Å². The van der Waals surface area contributed by atoms with Crippen molar-refractivity contribution in [2.45, 2.75) is 32.9 Å². The lowest BCUT2D eigenvalue weighted by Crippen LogP contribution is -2.39. The topological polar surface area (TPSA) is 135 Å². The van der Waals surface area contributed by atoms with Crippen molar-refractivity contribution in [2.24, 2.45) is 11.1 Å². The number of nitrogens with two attached hydrogens (primary N) is 1. The number of amides is 1. The van der Waals surface area contributed by atoms with Crippen molar-refractivity contribution >= 4 is 39.8 Å². The van der Waals surface area contributed by atoms with Crippen molar-refractivity contribution < 1.29 is 18.0 Å². The summed E-state index contributed by atoms with van der Waals surface area (Å²) in [6, 6.07) is 6.30. The highest BCUT2D eigenvalue weighted by atomic mass is 35.5. The van der Waals surface area contributed by atoms with Gasteiger partial charge >= 0.3 is 12.0 Å². The molecular weight excluding hydrogens is 533 g/mol. The minimum atomic E-state index is -4.13. The van der Waals surface area contributed by atoms with Crippen LogP contribution < -0.4 is 16.4 Å². The van der Waals surface area contributed by atoms with Gasteiger partial charge in [0, 0.05) is 28.8 Å². The molecule has 2 heterocycles. The SMILES string of the molecule is CC(C)(C)CNc1c(C#N)cnc2c(F)cc(NC(c3cn(C(F)(F)C(N)=O)nn3)c3ccccc3Cl)cc12. The van der Waals surface area contributed by atoms with Crippen LogP contribution >= 0.6 is 11.6 Å². The molecule has 9 nitrogen and oxygen atoms in total. The van der Waals surface area contributed by atoms with E-state index >= 15 is 4.39 Å². The number of hydrogen-bond acceptors (Lipinski definition) is 7. The summed E-state index contributed by atoms with van der Waals surface area (Å²) in [5.74, 6) is -2.59. The van der Waals surface area contributed by atoms with Gasteiger partial charge in [0.2, 0.25) is 0 Å². The molecule has 0 saturated carbocycles. The van der Waals surface area contributed by atoms with Gasteiger partial charge in [-0.25, -0.2) is 4.39 Å². The van der Waals surface area contributed by atoms with Crippen LogP contribution in [0.5, 0.6) is 0 Å². The molecule has 4 rings (SSSR count). The normalized spacial score (nSPS) is 12.7. The minimum absolute atomic E-state index is 0.0392. The molecule has 0 aliphatic carbocycles.